The number of hydrogen-bond acceptors (Lipinski definition) is 16. The second-order valence-electron chi connectivity index (χ2n) is 32.2. The van der Waals surface area contributed by atoms with E-state index in [1.807, 2.05) is 114 Å². The van der Waals surface area contributed by atoms with E-state index in [1.165, 1.54) is 0 Å². The van der Waals surface area contributed by atoms with Gasteiger partial charge in [0.2, 0.25) is 0 Å². The maximum Gasteiger partial charge on any atom is 0.321 e. The molecule has 0 saturated carbocycles. The van der Waals surface area contributed by atoms with Crippen LogP contribution in [0.4, 0.5) is 0 Å². The minimum atomic E-state index is -1.48. The van der Waals surface area contributed by atoms with Crippen LogP contribution in [0.2, 0.25) is 0 Å². The Labute approximate surface area is 660 Å². The van der Waals surface area contributed by atoms with Gasteiger partial charge in [-0.15, -0.1) is 0 Å². The lowest BCUT2D eigenvalue weighted by Gasteiger charge is -2.26. The molecule has 9 rings (SSSR count). The Morgan fingerprint density at radius 2 is 0.429 bits per heavy atom. The van der Waals surface area contributed by atoms with Crippen LogP contribution in [0.25, 0.3) is 0 Å². The highest BCUT2D eigenvalue weighted by Gasteiger charge is 2.47. The standard InChI is InChI=1S/C92H112N4O16/c1-21-105-81(97)63(82(98)106-22-2)49-55-45-61(91(15,16)17)46-56(50-64(83(99)107-23-3)84(100)108-24-4)75(55)79-71-41-37-67(93-71)77(53-29-33-59(34-30-53)89(9,10)11)69-39-43-73(95-69)80(74-44-40-70(96-74)78(68-38-42-72(79)94-68)54-31-35-60(36-32-54)90(12,13)14)76-57(51-65(85(101)109-25-5)86(102)110-26-6)47-62(92(18,19)20)48-58(76)52-66(87(103)111-27-7)88(104)112-28-8/h29-48,63-66,93-96H,21-28,49-52H2,1-20H3/q+4. The molecule has 0 atom stereocenters. The van der Waals surface area contributed by atoms with Crippen molar-refractivity contribution in [3.05, 3.63) is 257 Å². The fourth-order valence-corrected chi connectivity index (χ4v) is 14.3. The quantitative estimate of drug-likeness (QED) is 0.0154. The lowest BCUT2D eigenvalue weighted by molar-refractivity contribution is -0.163. The van der Waals surface area contributed by atoms with E-state index in [0.29, 0.717) is 103 Å². The van der Waals surface area contributed by atoms with E-state index in [9.17, 15) is 38.4 Å². The van der Waals surface area contributed by atoms with Crippen LogP contribution in [0.5, 0.6) is 0 Å². The third-order valence-electron chi connectivity index (χ3n) is 20.1. The molecule has 4 N–H and O–H groups in total. The fourth-order valence-electron chi connectivity index (χ4n) is 14.3. The largest absolute Gasteiger partial charge is 0.465 e. The van der Waals surface area contributed by atoms with Gasteiger partial charge in [0, 0.05) is 72.2 Å². The molecule has 4 aromatic carbocycles. The molecule has 5 heterocycles. The predicted octanol–water partition coefficient (Wildman–Crippen LogP) is 15.7. The Bertz CT molecular complexity index is 4060. The minimum Gasteiger partial charge on any atom is -0.465 e. The van der Waals surface area contributed by atoms with Gasteiger partial charge in [0.15, 0.2) is 23.7 Å². The van der Waals surface area contributed by atoms with Crippen molar-refractivity contribution in [3.8, 4) is 0 Å². The van der Waals surface area contributed by atoms with Gasteiger partial charge >= 0.3 is 47.8 Å². The molecule has 0 fully saturated rings. The summed E-state index contributed by atoms with van der Waals surface area (Å²) in [5.74, 6) is -9.88. The Kier molecular flexibility index (Phi) is 27.5. The number of ether oxygens (including phenoxy) is 8. The summed E-state index contributed by atoms with van der Waals surface area (Å²) in [6, 6.07) is 40.3. The zero-order valence-corrected chi connectivity index (χ0v) is 68.9. The number of carbonyl (C=O) groups is 8. The third-order valence-corrected chi connectivity index (χ3v) is 20.1. The van der Waals surface area contributed by atoms with Gasteiger partial charge in [-0.1, -0.05) is 83.1 Å². The average Bonchev–Trinajstić information content (AvgIpc) is 1.44. The number of rotatable bonds is 28. The molecule has 0 unspecified atom stereocenters. The van der Waals surface area contributed by atoms with Crippen molar-refractivity contribution in [1.82, 2.24) is 19.9 Å². The topological polar surface area (TPSA) is 274 Å². The summed E-state index contributed by atoms with van der Waals surface area (Å²) in [4.78, 5) is 132. The van der Waals surface area contributed by atoms with E-state index in [4.69, 9.17) is 37.9 Å². The highest BCUT2D eigenvalue weighted by Crippen LogP contribution is 2.47. The van der Waals surface area contributed by atoms with Crippen LogP contribution in [0.3, 0.4) is 0 Å². The molecule has 20 heteroatoms. The number of fused-ring (bicyclic) bond motifs is 8. The molecule has 0 saturated heterocycles. The highest BCUT2D eigenvalue weighted by atomic mass is 16.6. The first-order valence-electron chi connectivity index (χ1n) is 39.2. The molecule has 0 aliphatic carbocycles. The molecule has 592 valence electrons. The van der Waals surface area contributed by atoms with E-state index in [1.54, 1.807) is 55.4 Å². The number of H-pyrrole nitrogens is 4. The Morgan fingerprint density at radius 3 is 0.589 bits per heavy atom. The Balaban J connectivity index is 1.47. The molecule has 1 aliphatic heterocycles. The van der Waals surface area contributed by atoms with Crippen molar-refractivity contribution >= 4 is 47.8 Å². The smallest absolute Gasteiger partial charge is 0.321 e. The average molecular weight is 1530 g/mol. The first kappa shape index (κ1) is 85.2. The van der Waals surface area contributed by atoms with Gasteiger partial charge in [0.05, 0.1) is 124 Å². The summed E-state index contributed by atoms with van der Waals surface area (Å²) in [6.45, 7) is 38.2. The van der Waals surface area contributed by atoms with Crippen LogP contribution >= 0.6 is 0 Å². The zero-order valence-electron chi connectivity index (χ0n) is 68.9. The Morgan fingerprint density at radius 1 is 0.259 bits per heavy atom. The van der Waals surface area contributed by atoms with E-state index in [2.05, 4.69) is 110 Å². The van der Waals surface area contributed by atoms with E-state index in [-0.39, 0.29) is 89.4 Å². The first-order valence-corrected chi connectivity index (χ1v) is 39.2. The number of hydrogen-bond donors (Lipinski definition) is 4. The van der Waals surface area contributed by atoms with Gasteiger partial charge in [-0.05, 0) is 148 Å². The maximum atomic E-state index is 14.5. The summed E-state index contributed by atoms with van der Waals surface area (Å²) >= 11 is 0. The minimum absolute atomic E-state index is 0.0288. The lowest BCUT2D eigenvalue weighted by atomic mass is 9.76. The van der Waals surface area contributed by atoms with Crippen LogP contribution in [-0.4, -0.2) is 121 Å². The van der Waals surface area contributed by atoms with Crippen LogP contribution in [0.15, 0.2) is 121 Å². The zero-order chi connectivity index (χ0) is 81.9. The third kappa shape index (κ3) is 19.6. The molecule has 112 heavy (non-hydrogen) atoms. The van der Waals surface area contributed by atoms with Crippen molar-refractivity contribution in [1.29, 1.82) is 0 Å². The molecule has 20 nitrogen and oxygen atoms in total. The van der Waals surface area contributed by atoms with Crippen LogP contribution in [-0.2, 0) is 124 Å². The van der Waals surface area contributed by atoms with Crippen LogP contribution < -0.4 is 0 Å². The molecule has 8 bridgehead atoms. The number of nitrogens with one attached hydrogen (secondary N) is 4. The summed E-state index contributed by atoms with van der Waals surface area (Å²) in [6.07, 6.45) is -0.987. The molecule has 4 aromatic heterocycles. The molecule has 1 aliphatic rings. The molecule has 0 amide bonds. The van der Waals surface area contributed by atoms with Gasteiger partial charge < -0.3 is 57.8 Å². The fraction of sp³-hybridized carbons (Fsp3) is 0.435. The Hall–Kier alpha value is -10.8. The van der Waals surface area contributed by atoms with E-state index >= 15 is 0 Å². The van der Waals surface area contributed by atoms with E-state index in [0.717, 1.165) is 33.4 Å². The van der Waals surface area contributed by atoms with Crippen molar-refractivity contribution in [2.24, 2.45) is 23.7 Å². The molecule has 8 aromatic rings. The number of aromatic amines is 4. The highest BCUT2D eigenvalue weighted by molar-refractivity contribution is 5.98. The summed E-state index contributed by atoms with van der Waals surface area (Å²) in [7, 11) is 0. The van der Waals surface area contributed by atoms with Gasteiger partial charge in [0.25, 0.3) is 0 Å². The van der Waals surface area contributed by atoms with Crippen molar-refractivity contribution < 1.29 is 76.3 Å². The number of benzene rings is 4. The maximum absolute atomic E-state index is 14.5. The van der Waals surface area contributed by atoms with Gasteiger partial charge in [-0.25, -0.2) is 0 Å². The summed E-state index contributed by atoms with van der Waals surface area (Å²) in [5.41, 5.74) is 11.0. The molecular weight excluding hydrogens is 1420 g/mol. The summed E-state index contributed by atoms with van der Waals surface area (Å²) in [5, 5.41) is 0. The van der Waals surface area contributed by atoms with Crippen LogP contribution in [0, 0.1) is 47.3 Å². The molecular formula is C92H112N4O16+4. The first-order chi connectivity index (χ1) is 53.0. The second kappa shape index (κ2) is 36.2. The predicted molar refractivity (Wildman–Crippen MR) is 428 cm³/mol. The number of aromatic nitrogens is 4. The van der Waals surface area contributed by atoms with E-state index < -0.39 is 82.3 Å². The SMILES string of the molecule is CCOC(=O)C(Cc1cc(C(C)(C)C)cc(CC(C(=O)OCC)C(=O)OCC)c1[C+]1c2ccc([nH]2)[C+](c2ccc(C(C)(C)C)cc2)c2ccc([nH]2)[C+](c2c(CC(C(=O)OCC)C(=O)OCC)cc(C(C)(C)C)cc2CC(C(=O)OCC)C(=O)OCC)c2ccc([nH]2)[C+](c2ccc(C(C)(C)C)cc2)c2ccc1[nH]2)C(=O)OCC. The van der Waals surface area contributed by atoms with Crippen molar-refractivity contribution in [2.75, 3.05) is 52.9 Å². The van der Waals surface area contributed by atoms with Gasteiger partial charge in [-0.3, -0.25) is 38.4 Å². The second-order valence-corrected chi connectivity index (χ2v) is 32.2. The van der Waals surface area contributed by atoms with Gasteiger partial charge in [0.1, 0.15) is 69.2 Å². The molecule has 0 spiro atoms. The van der Waals surface area contributed by atoms with Gasteiger partial charge in [-0.2, -0.15) is 0 Å². The number of carbonyl (C=O) groups excluding carboxylic acids is 8. The van der Waals surface area contributed by atoms with Crippen LogP contribution in [0.1, 0.15) is 251 Å². The normalized spacial score (nSPS) is 12.7. The lowest BCUT2D eigenvalue weighted by Crippen LogP contribution is -2.32. The summed E-state index contributed by atoms with van der Waals surface area (Å²) < 4.78 is 45.6. The molecule has 0 radical (unpaired) electrons. The monoisotopic (exact) mass is 1530 g/mol. The van der Waals surface area contributed by atoms with Crippen molar-refractivity contribution in [2.45, 2.75) is 186 Å². The number of esters is 8. The van der Waals surface area contributed by atoms with Crippen molar-refractivity contribution in [3.63, 3.8) is 0 Å².